The average Bonchev–Trinajstić information content (AvgIpc) is 3.90. The molecule has 15 rings (SSSR count). The summed E-state index contributed by atoms with van der Waals surface area (Å²) in [4.78, 5) is 0. The van der Waals surface area contributed by atoms with Crippen LogP contribution in [0.2, 0.25) is 0 Å². The van der Waals surface area contributed by atoms with Crippen LogP contribution >= 0.6 is 0 Å². The molecule has 2 fully saturated rings. The second kappa shape index (κ2) is 15.4. The molecule has 0 saturated heterocycles. The maximum absolute atomic E-state index is 2.80. The van der Waals surface area contributed by atoms with Gasteiger partial charge in [-0.1, -0.05) is 176 Å². The van der Waals surface area contributed by atoms with Crippen molar-refractivity contribution in [2.24, 2.45) is 64.1 Å². The minimum Gasteiger partial charge on any atom is -0.0839 e. The van der Waals surface area contributed by atoms with Gasteiger partial charge in [0.25, 0.3) is 0 Å². The second-order valence-corrected chi connectivity index (χ2v) is 22.6. The van der Waals surface area contributed by atoms with Gasteiger partial charge in [0.05, 0.1) is 5.41 Å². The first-order chi connectivity index (χ1) is 33.7. The van der Waals surface area contributed by atoms with Gasteiger partial charge in [-0.2, -0.15) is 0 Å². The topological polar surface area (TPSA) is 0 Å². The van der Waals surface area contributed by atoms with E-state index in [2.05, 4.69) is 176 Å². The van der Waals surface area contributed by atoms with Crippen molar-refractivity contribution in [1.29, 1.82) is 0 Å². The Hall–Kier alpha value is -5.72. The van der Waals surface area contributed by atoms with Gasteiger partial charge < -0.3 is 0 Å². The zero-order valence-electron chi connectivity index (χ0n) is 39.6. The highest BCUT2D eigenvalue weighted by Crippen LogP contribution is 2.75. The van der Waals surface area contributed by atoms with Crippen molar-refractivity contribution >= 4 is 0 Å². The molecule has 0 nitrogen and oxygen atoms in total. The number of fused-ring (bicyclic) bond motifs is 14. The predicted molar refractivity (Wildman–Crippen MR) is 282 cm³/mol. The maximum atomic E-state index is 2.80. The Morgan fingerprint density at radius 2 is 1.18 bits per heavy atom. The summed E-state index contributed by atoms with van der Waals surface area (Å²) in [6.45, 7) is 0. The molecule has 0 heteroatoms. The number of hydrogen-bond acceptors (Lipinski definition) is 0. The van der Waals surface area contributed by atoms with Crippen LogP contribution < -0.4 is 0 Å². The standard InChI is InChI=1S/C68H64/c1-3-20-49(21-4-1)67(50-22-5-2-6-23-50)51-24-12-18-47(39-51)53-36-34-45(41-59(53)48-19-13-25-52(67)40-48)43-16-11-17-44(38-43)46-35-37-54-57-28-14-32-63-65(57)66-58(60(54)42-46)29-15-33-64(66)68(63)61-30-9-7-26-55(61)56-27-8-10-31-62(56)68/h1-7,9,12-13,15-16,18-20,22,27,29-34,36,38-42,49-53,55,58-59,66H,8,10-11,14,17,21,23-26,28,35,37H2. The Balaban J connectivity index is 0.781. The summed E-state index contributed by atoms with van der Waals surface area (Å²) in [5.41, 5.74) is 24.3. The molecular formula is C68H64. The third-order valence-electron chi connectivity index (χ3n) is 20.0. The van der Waals surface area contributed by atoms with E-state index >= 15 is 0 Å². The molecule has 68 heavy (non-hydrogen) atoms. The molecule has 4 bridgehead atoms. The molecule has 15 aliphatic carbocycles. The number of hydrogen-bond donors (Lipinski definition) is 0. The maximum Gasteiger partial charge on any atom is 0.0639 e. The van der Waals surface area contributed by atoms with Gasteiger partial charge in [-0.25, -0.2) is 0 Å². The summed E-state index contributed by atoms with van der Waals surface area (Å²) in [7, 11) is 0. The highest BCUT2D eigenvalue weighted by atomic mass is 14.7. The largest absolute Gasteiger partial charge is 0.0839 e. The zero-order chi connectivity index (χ0) is 44.6. The Bertz CT molecular complexity index is 3040. The summed E-state index contributed by atoms with van der Waals surface area (Å²) in [5.74, 6) is 4.06. The summed E-state index contributed by atoms with van der Waals surface area (Å²) < 4.78 is 0. The van der Waals surface area contributed by atoms with Gasteiger partial charge >= 0.3 is 0 Å². The summed E-state index contributed by atoms with van der Waals surface area (Å²) in [6, 6.07) is 0. The lowest BCUT2D eigenvalue weighted by molar-refractivity contribution is 0.0180. The lowest BCUT2D eigenvalue weighted by atomic mass is 9.49. The van der Waals surface area contributed by atoms with Gasteiger partial charge in [0.15, 0.2) is 0 Å². The van der Waals surface area contributed by atoms with Crippen LogP contribution in [0.5, 0.6) is 0 Å². The van der Waals surface area contributed by atoms with Gasteiger partial charge in [0, 0.05) is 29.6 Å². The first-order valence-electron chi connectivity index (χ1n) is 27.0. The van der Waals surface area contributed by atoms with Crippen LogP contribution in [0.1, 0.15) is 83.5 Å². The summed E-state index contributed by atoms with van der Waals surface area (Å²) in [6.07, 6.45) is 88.7. The van der Waals surface area contributed by atoms with E-state index < -0.39 is 0 Å². The van der Waals surface area contributed by atoms with E-state index in [1.165, 1.54) is 54.4 Å². The molecule has 0 aliphatic heterocycles. The monoisotopic (exact) mass is 881 g/mol. The number of rotatable bonds is 4. The first kappa shape index (κ1) is 40.2. The van der Waals surface area contributed by atoms with Crippen LogP contribution in [0.25, 0.3) is 0 Å². The van der Waals surface area contributed by atoms with E-state index in [1.54, 1.807) is 61.3 Å². The van der Waals surface area contributed by atoms with Crippen molar-refractivity contribution in [3.8, 4) is 0 Å². The Kier molecular flexibility index (Phi) is 9.10. The molecule has 1 spiro atoms. The normalized spacial score (nSPS) is 39.3. The van der Waals surface area contributed by atoms with Gasteiger partial charge in [0.2, 0.25) is 0 Å². The molecule has 336 valence electrons. The van der Waals surface area contributed by atoms with Gasteiger partial charge in [-0.05, 0) is 196 Å². The summed E-state index contributed by atoms with van der Waals surface area (Å²) in [5, 5.41) is 0. The molecule has 10 atom stereocenters. The zero-order valence-corrected chi connectivity index (χ0v) is 39.6. The van der Waals surface area contributed by atoms with Gasteiger partial charge in [-0.3, -0.25) is 0 Å². The highest BCUT2D eigenvalue weighted by molar-refractivity contribution is 5.80. The van der Waals surface area contributed by atoms with Crippen molar-refractivity contribution in [1.82, 2.24) is 0 Å². The molecule has 0 N–H and O–H groups in total. The van der Waals surface area contributed by atoms with E-state index in [4.69, 9.17) is 0 Å². The van der Waals surface area contributed by atoms with E-state index in [9.17, 15) is 0 Å². The molecule has 0 aromatic heterocycles. The SMILES string of the molecule is C1=CCC2C3=CCCC=C3C3(C4=CCCC5=C4C4C3=CC=CC4C3=C5CCC(C4=CC(C5=CC6C7=CC(CC=C7)C(C7C=CC=CC7)(C7C=CC=CC7)C7C=C(C=CC7)C6C=C5)=CCC4)=C3)C2=C1. The van der Waals surface area contributed by atoms with Crippen molar-refractivity contribution in [3.05, 3.63) is 260 Å². The van der Waals surface area contributed by atoms with E-state index in [-0.39, 0.29) is 10.8 Å². The Morgan fingerprint density at radius 1 is 0.456 bits per heavy atom. The second-order valence-electron chi connectivity index (χ2n) is 22.6. The first-order valence-corrected chi connectivity index (χ1v) is 27.0. The molecular weight excluding hydrogens is 817 g/mol. The molecule has 0 amide bonds. The fraction of sp³-hybridized carbons (Fsp3) is 0.353. The van der Waals surface area contributed by atoms with Gasteiger partial charge in [-0.15, -0.1) is 0 Å². The molecule has 0 heterocycles. The third kappa shape index (κ3) is 5.50. The van der Waals surface area contributed by atoms with Crippen LogP contribution in [0, 0.1) is 64.1 Å². The average molecular weight is 881 g/mol. The van der Waals surface area contributed by atoms with Crippen molar-refractivity contribution in [3.63, 3.8) is 0 Å². The van der Waals surface area contributed by atoms with Crippen LogP contribution in [-0.2, 0) is 0 Å². The molecule has 0 aromatic rings. The smallest absolute Gasteiger partial charge is 0.0639 e. The van der Waals surface area contributed by atoms with Crippen molar-refractivity contribution in [2.75, 3.05) is 0 Å². The number of allylic oxidation sites excluding steroid dienone is 44. The fourth-order valence-electron chi connectivity index (χ4n) is 17.5. The highest BCUT2D eigenvalue weighted by Gasteiger charge is 2.64. The Labute approximate surface area is 405 Å². The minimum atomic E-state index is -0.0768. The lowest BCUT2D eigenvalue weighted by Crippen LogP contribution is -2.49. The molecule has 15 aliphatic rings. The molecule has 10 unspecified atom stereocenters. The lowest BCUT2D eigenvalue weighted by Gasteiger charge is -2.54. The van der Waals surface area contributed by atoms with Crippen LogP contribution in [0.4, 0.5) is 0 Å². The van der Waals surface area contributed by atoms with Crippen LogP contribution in [0.15, 0.2) is 260 Å². The Morgan fingerprint density at radius 3 is 1.99 bits per heavy atom. The fourth-order valence-corrected chi connectivity index (χ4v) is 17.5. The van der Waals surface area contributed by atoms with E-state index in [1.807, 2.05) is 0 Å². The predicted octanol–water partition coefficient (Wildman–Crippen LogP) is 16.6. The van der Waals surface area contributed by atoms with E-state index in [0.29, 0.717) is 53.3 Å². The minimum absolute atomic E-state index is 0.0768. The summed E-state index contributed by atoms with van der Waals surface area (Å²) >= 11 is 0. The van der Waals surface area contributed by atoms with Crippen LogP contribution in [0.3, 0.4) is 0 Å². The van der Waals surface area contributed by atoms with Crippen molar-refractivity contribution in [2.45, 2.75) is 83.5 Å². The molecule has 0 aromatic carbocycles. The molecule has 0 radical (unpaired) electrons. The quantitative estimate of drug-likeness (QED) is 0.264. The van der Waals surface area contributed by atoms with Crippen LogP contribution in [-0.4, -0.2) is 0 Å². The van der Waals surface area contributed by atoms with E-state index in [0.717, 1.165) is 51.4 Å². The van der Waals surface area contributed by atoms with Crippen molar-refractivity contribution < 1.29 is 0 Å². The van der Waals surface area contributed by atoms with Gasteiger partial charge in [0.1, 0.15) is 0 Å². The molecule has 2 saturated carbocycles. The third-order valence-corrected chi connectivity index (χ3v) is 20.0.